The van der Waals surface area contributed by atoms with Crippen LogP contribution >= 0.6 is 11.6 Å². The molecule has 104 valence electrons. The van der Waals surface area contributed by atoms with Crippen molar-refractivity contribution in [2.75, 3.05) is 13.1 Å². The third kappa shape index (κ3) is 2.96. The van der Waals surface area contributed by atoms with Gasteiger partial charge in [0.25, 0.3) is 0 Å². The maximum atomic E-state index is 6.28. The minimum absolute atomic E-state index is 0.339. The summed E-state index contributed by atoms with van der Waals surface area (Å²) in [5.74, 6) is 0. The molecular weight excluding hydrogens is 256 g/mol. The summed E-state index contributed by atoms with van der Waals surface area (Å²) >= 11 is 6.28. The van der Waals surface area contributed by atoms with Gasteiger partial charge >= 0.3 is 0 Å². The van der Waals surface area contributed by atoms with Gasteiger partial charge in [0.15, 0.2) is 0 Å². The molecule has 2 fully saturated rings. The van der Waals surface area contributed by atoms with Crippen LogP contribution in [-0.2, 0) is 0 Å². The van der Waals surface area contributed by atoms with E-state index in [1.54, 1.807) is 0 Å². The first-order valence-electron chi connectivity index (χ1n) is 7.48. The largest absolute Gasteiger partial charge is 0.307 e. The SMILES string of the molecule is C[C@H](NC1CCN2CCCC2C1)c1ccccc1Cl. The Balaban J connectivity index is 1.61. The second-order valence-corrected chi connectivity index (χ2v) is 6.37. The molecule has 0 radical (unpaired) electrons. The molecule has 0 aliphatic carbocycles. The van der Waals surface area contributed by atoms with Crippen LogP contribution < -0.4 is 5.32 Å². The zero-order chi connectivity index (χ0) is 13.2. The summed E-state index contributed by atoms with van der Waals surface area (Å²) in [4.78, 5) is 2.67. The van der Waals surface area contributed by atoms with E-state index in [0.717, 1.165) is 11.1 Å². The third-order valence-electron chi connectivity index (χ3n) is 4.68. The molecule has 3 atom stereocenters. The second-order valence-electron chi connectivity index (χ2n) is 5.96. The van der Waals surface area contributed by atoms with E-state index in [4.69, 9.17) is 11.6 Å². The van der Waals surface area contributed by atoms with Crippen LogP contribution in [0.2, 0.25) is 5.02 Å². The minimum Gasteiger partial charge on any atom is -0.307 e. The van der Waals surface area contributed by atoms with Gasteiger partial charge < -0.3 is 10.2 Å². The molecule has 3 rings (SSSR count). The van der Waals surface area contributed by atoms with Crippen LogP contribution in [0, 0.1) is 0 Å². The number of fused-ring (bicyclic) bond motifs is 1. The predicted octanol–water partition coefficient (Wildman–Crippen LogP) is 3.62. The normalized spacial score (nSPS) is 29.2. The van der Waals surface area contributed by atoms with Crippen molar-refractivity contribution < 1.29 is 0 Å². The summed E-state index contributed by atoms with van der Waals surface area (Å²) in [6.45, 7) is 4.80. The Labute approximate surface area is 121 Å². The highest BCUT2D eigenvalue weighted by Gasteiger charge is 2.32. The van der Waals surface area contributed by atoms with E-state index < -0.39 is 0 Å². The summed E-state index contributed by atoms with van der Waals surface area (Å²) in [6.07, 6.45) is 5.34. The maximum Gasteiger partial charge on any atom is 0.0453 e. The molecule has 1 N–H and O–H groups in total. The molecule has 0 spiro atoms. The highest BCUT2D eigenvalue weighted by atomic mass is 35.5. The molecule has 2 saturated heterocycles. The molecule has 1 aromatic rings. The molecule has 1 aromatic carbocycles. The monoisotopic (exact) mass is 278 g/mol. The number of benzene rings is 1. The topological polar surface area (TPSA) is 15.3 Å². The van der Waals surface area contributed by atoms with Crippen molar-refractivity contribution in [3.05, 3.63) is 34.9 Å². The Hall–Kier alpha value is -0.570. The fourth-order valence-corrected chi connectivity index (χ4v) is 3.94. The first kappa shape index (κ1) is 13.4. The molecular formula is C16H23ClN2. The van der Waals surface area contributed by atoms with Crippen LogP contribution in [-0.4, -0.2) is 30.1 Å². The number of rotatable bonds is 3. The second kappa shape index (κ2) is 5.82. The lowest BCUT2D eigenvalue weighted by molar-refractivity contribution is 0.162. The van der Waals surface area contributed by atoms with Gasteiger partial charge in [-0.1, -0.05) is 29.8 Å². The lowest BCUT2D eigenvalue weighted by atomic mass is 9.96. The molecule has 19 heavy (non-hydrogen) atoms. The summed E-state index contributed by atoms with van der Waals surface area (Å²) < 4.78 is 0. The van der Waals surface area contributed by atoms with Crippen LogP contribution in [0.25, 0.3) is 0 Å². The zero-order valence-electron chi connectivity index (χ0n) is 11.6. The minimum atomic E-state index is 0.339. The number of piperidine rings is 1. The van der Waals surface area contributed by atoms with E-state index in [2.05, 4.69) is 29.3 Å². The van der Waals surface area contributed by atoms with Gasteiger partial charge in [-0.2, -0.15) is 0 Å². The lowest BCUT2D eigenvalue weighted by Crippen LogP contribution is -2.46. The first-order chi connectivity index (χ1) is 9.24. The van der Waals surface area contributed by atoms with E-state index >= 15 is 0 Å². The molecule has 0 aromatic heterocycles. The molecule has 2 unspecified atom stereocenters. The number of hydrogen-bond acceptors (Lipinski definition) is 2. The molecule has 2 aliphatic heterocycles. The first-order valence-corrected chi connectivity index (χ1v) is 7.86. The van der Waals surface area contributed by atoms with Gasteiger partial charge in [-0.3, -0.25) is 0 Å². The van der Waals surface area contributed by atoms with Gasteiger partial charge in [-0.25, -0.2) is 0 Å². The van der Waals surface area contributed by atoms with Crippen molar-refractivity contribution in [3.63, 3.8) is 0 Å². The van der Waals surface area contributed by atoms with Crippen LogP contribution in [0.15, 0.2) is 24.3 Å². The van der Waals surface area contributed by atoms with Crippen LogP contribution in [0.3, 0.4) is 0 Å². The van der Waals surface area contributed by atoms with E-state index in [-0.39, 0.29) is 0 Å². The van der Waals surface area contributed by atoms with E-state index in [1.165, 1.54) is 44.3 Å². The highest BCUT2D eigenvalue weighted by Crippen LogP contribution is 2.29. The van der Waals surface area contributed by atoms with Crippen molar-refractivity contribution in [3.8, 4) is 0 Å². The summed E-state index contributed by atoms with van der Waals surface area (Å²) in [6, 6.07) is 9.98. The summed E-state index contributed by atoms with van der Waals surface area (Å²) in [7, 11) is 0. The van der Waals surface area contributed by atoms with E-state index in [1.807, 2.05) is 12.1 Å². The number of nitrogens with one attached hydrogen (secondary N) is 1. The van der Waals surface area contributed by atoms with Gasteiger partial charge in [0, 0.05) is 23.1 Å². The van der Waals surface area contributed by atoms with Crippen molar-refractivity contribution in [2.24, 2.45) is 0 Å². The summed E-state index contributed by atoms with van der Waals surface area (Å²) in [5, 5.41) is 4.65. The van der Waals surface area contributed by atoms with Crippen LogP contribution in [0.4, 0.5) is 0 Å². The van der Waals surface area contributed by atoms with Crippen molar-refractivity contribution >= 4 is 11.6 Å². The van der Waals surface area contributed by atoms with Crippen LogP contribution in [0.1, 0.15) is 44.2 Å². The Bertz CT molecular complexity index is 435. The Morgan fingerprint density at radius 3 is 2.95 bits per heavy atom. The molecule has 0 bridgehead atoms. The van der Waals surface area contributed by atoms with Crippen molar-refractivity contribution in [2.45, 2.75) is 50.7 Å². The number of halogens is 1. The molecule has 2 aliphatic rings. The molecule has 2 nitrogen and oxygen atoms in total. The predicted molar refractivity (Wildman–Crippen MR) is 80.6 cm³/mol. The fraction of sp³-hybridized carbons (Fsp3) is 0.625. The third-order valence-corrected chi connectivity index (χ3v) is 5.02. The highest BCUT2D eigenvalue weighted by molar-refractivity contribution is 6.31. The Morgan fingerprint density at radius 1 is 1.26 bits per heavy atom. The Morgan fingerprint density at radius 2 is 2.11 bits per heavy atom. The van der Waals surface area contributed by atoms with E-state index in [0.29, 0.717) is 12.1 Å². The van der Waals surface area contributed by atoms with Gasteiger partial charge in [0.1, 0.15) is 0 Å². The fourth-order valence-electron chi connectivity index (χ4n) is 3.65. The van der Waals surface area contributed by atoms with Gasteiger partial charge in [-0.05, 0) is 57.3 Å². The number of nitrogens with zero attached hydrogens (tertiary/aromatic N) is 1. The smallest absolute Gasteiger partial charge is 0.0453 e. The zero-order valence-corrected chi connectivity index (χ0v) is 12.4. The van der Waals surface area contributed by atoms with E-state index in [9.17, 15) is 0 Å². The summed E-state index contributed by atoms with van der Waals surface area (Å²) in [5.41, 5.74) is 1.22. The van der Waals surface area contributed by atoms with Crippen LogP contribution in [0.5, 0.6) is 0 Å². The number of hydrogen-bond donors (Lipinski definition) is 1. The lowest BCUT2D eigenvalue weighted by Gasteiger charge is -2.36. The molecule has 2 heterocycles. The van der Waals surface area contributed by atoms with Gasteiger partial charge in [0.2, 0.25) is 0 Å². The quantitative estimate of drug-likeness (QED) is 0.909. The molecule has 0 amide bonds. The average Bonchev–Trinajstić information content (AvgIpc) is 2.86. The van der Waals surface area contributed by atoms with Crippen molar-refractivity contribution in [1.29, 1.82) is 0 Å². The van der Waals surface area contributed by atoms with Gasteiger partial charge in [-0.15, -0.1) is 0 Å². The molecule has 3 heteroatoms. The average molecular weight is 279 g/mol. The maximum absolute atomic E-state index is 6.28. The van der Waals surface area contributed by atoms with Crippen molar-refractivity contribution in [1.82, 2.24) is 10.2 Å². The molecule has 0 saturated carbocycles. The Kier molecular flexibility index (Phi) is 4.11. The standard InChI is InChI=1S/C16H23ClN2/c1-12(15-6-2-3-7-16(15)17)18-13-8-10-19-9-4-5-14(19)11-13/h2-3,6-7,12-14,18H,4-5,8-11H2,1H3/t12-,13?,14?/m0/s1. The van der Waals surface area contributed by atoms with Gasteiger partial charge in [0.05, 0.1) is 0 Å².